The van der Waals surface area contributed by atoms with Gasteiger partial charge in [0.1, 0.15) is 5.75 Å². The molecule has 0 aliphatic rings. The molecule has 0 aliphatic heterocycles. The normalized spacial score (nSPS) is 10.5. The van der Waals surface area contributed by atoms with Crippen LogP contribution in [-0.4, -0.2) is 29.4 Å². The van der Waals surface area contributed by atoms with Crippen LogP contribution in [0.15, 0.2) is 30.3 Å². The molecule has 3 nitrogen and oxygen atoms in total. The fraction of sp³-hybridized carbons (Fsp3) is 0.632. The third kappa shape index (κ3) is 9.65. The highest BCUT2D eigenvalue weighted by molar-refractivity contribution is 9.09. The van der Waals surface area contributed by atoms with Gasteiger partial charge in [-0.15, -0.1) is 0 Å². The number of unbranched alkanes of at least 4 members (excludes halogenated alkanes) is 6. The third-order valence-corrected chi connectivity index (χ3v) is 4.36. The molecule has 0 aromatic heterocycles. The molecule has 0 fully saturated rings. The van der Waals surface area contributed by atoms with Crippen LogP contribution >= 0.6 is 15.9 Å². The number of hydrogen-bond donors (Lipinski definition) is 0. The molecule has 0 bridgehead atoms. The molecule has 0 saturated carbocycles. The molecule has 0 spiro atoms. The Morgan fingerprint density at radius 2 is 1.57 bits per heavy atom. The Kier molecular flexibility index (Phi) is 11.7. The topological polar surface area (TPSA) is 29.5 Å². The lowest BCUT2D eigenvalue weighted by Gasteiger charge is -2.22. The zero-order valence-electron chi connectivity index (χ0n) is 14.3. The summed E-state index contributed by atoms with van der Waals surface area (Å²) in [7, 11) is 0. The summed E-state index contributed by atoms with van der Waals surface area (Å²) < 4.78 is 5.49. The lowest BCUT2D eigenvalue weighted by molar-refractivity contribution is 0.150. The van der Waals surface area contributed by atoms with E-state index in [1.54, 1.807) is 0 Å². The number of hydrogen-bond acceptors (Lipinski definition) is 2. The average molecular weight is 384 g/mol. The second-order valence-electron chi connectivity index (χ2n) is 5.83. The highest BCUT2D eigenvalue weighted by Crippen LogP contribution is 2.12. The Bertz CT molecular complexity index is 411. The van der Waals surface area contributed by atoms with Crippen LogP contribution in [0.1, 0.15) is 58.3 Å². The summed E-state index contributed by atoms with van der Waals surface area (Å²) in [5.41, 5.74) is 0. The minimum absolute atomic E-state index is 0.217. The summed E-state index contributed by atoms with van der Waals surface area (Å²) in [6.07, 6.45) is 9.12. The molecule has 1 aromatic rings. The molecule has 0 unspecified atom stereocenters. The van der Waals surface area contributed by atoms with Crippen molar-refractivity contribution in [3.05, 3.63) is 30.3 Å². The van der Waals surface area contributed by atoms with Crippen molar-refractivity contribution in [3.8, 4) is 5.75 Å². The third-order valence-electron chi connectivity index (χ3n) is 3.80. The van der Waals surface area contributed by atoms with Crippen LogP contribution in [0.2, 0.25) is 0 Å². The van der Waals surface area contributed by atoms with E-state index in [1.807, 2.05) is 35.2 Å². The summed E-state index contributed by atoms with van der Waals surface area (Å²) in [6.45, 7) is 3.80. The van der Waals surface area contributed by atoms with E-state index in [2.05, 4.69) is 22.9 Å². The Hall–Kier alpha value is -1.03. The van der Waals surface area contributed by atoms with Gasteiger partial charge in [-0.1, -0.05) is 73.2 Å². The number of benzene rings is 1. The minimum atomic E-state index is -0.217. The van der Waals surface area contributed by atoms with E-state index in [0.717, 1.165) is 44.1 Å². The number of rotatable bonds is 12. The van der Waals surface area contributed by atoms with Crippen molar-refractivity contribution in [1.82, 2.24) is 4.90 Å². The maximum atomic E-state index is 12.4. The molecule has 4 heteroatoms. The molecule has 0 radical (unpaired) electrons. The average Bonchev–Trinajstić information content (AvgIpc) is 2.57. The van der Waals surface area contributed by atoms with E-state index >= 15 is 0 Å². The fourth-order valence-electron chi connectivity index (χ4n) is 2.43. The van der Waals surface area contributed by atoms with Gasteiger partial charge in [0.05, 0.1) is 0 Å². The lowest BCUT2D eigenvalue weighted by Crippen LogP contribution is -2.35. The van der Waals surface area contributed by atoms with Crippen LogP contribution in [0.25, 0.3) is 0 Å². The van der Waals surface area contributed by atoms with E-state index in [9.17, 15) is 4.79 Å². The zero-order valence-corrected chi connectivity index (χ0v) is 15.9. The van der Waals surface area contributed by atoms with Gasteiger partial charge in [-0.3, -0.25) is 0 Å². The Labute approximate surface area is 149 Å². The highest BCUT2D eigenvalue weighted by atomic mass is 79.9. The van der Waals surface area contributed by atoms with Crippen molar-refractivity contribution < 1.29 is 9.53 Å². The maximum absolute atomic E-state index is 12.4. The standard InChI is InChI=1S/C19H30BrNO2/c1-2-3-4-5-11-16-21(17-12-7-10-15-20)19(22)23-18-13-8-6-9-14-18/h6,8-9,13-14H,2-5,7,10-12,15-17H2,1H3. The second-order valence-corrected chi connectivity index (χ2v) is 6.62. The largest absolute Gasteiger partial charge is 0.415 e. The lowest BCUT2D eigenvalue weighted by atomic mass is 10.1. The first-order valence-electron chi connectivity index (χ1n) is 8.85. The first-order valence-corrected chi connectivity index (χ1v) is 9.97. The highest BCUT2D eigenvalue weighted by Gasteiger charge is 2.15. The number of halogens is 1. The van der Waals surface area contributed by atoms with Crippen LogP contribution in [0.4, 0.5) is 4.79 Å². The summed E-state index contributed by atoms with van der Waals surface area (Å²) in [5.74, 6) is 0.619. The molecule has 1 amide bonds. The summed E-state index contributed by atoms with van der Waals surface area (Å²) in [5, 5.41) is 1.03. The van der Waals surface area contributed by atoms with Gasteiger partial charge in [0.25, 0.3) is 0 Å². The number of amides is 1. The molecule has 1 aromatic carbocycles. The first kappa shape index (κ1) is 20.0. The molecular weight excluding hydrogens is 354 g/mol. The predicted octanol–water partition coefficient (Wildman–Crippen LogP) is 6.02. The van der Waals surface area contributed by atoms with Gasteiger partial charge in [-0.2, -0.15) is 0 Å². The van der Waals surface area contributed by atoms with Gasteiger partial charge in [0, 0.05) is 18.4 Å². The summed E-state index contributed by atoms with van der Waals surface area (Å²) in [4.78, 5) is 14.3. The van der Waals surface area contributed by atoms with Gasteiger partial charge in [0.2, 0.25) is 0 Å². The van der Waals surface area contributed by atoms with E-state index in [-0.39, 0.29) is 6.09 Å². The van der Waals surface area contributed by atoms with Gasteiger partial charge in [-0.25, -0.2) is 4.79 Å². The number of nitrogens with zero attached hydrogens (tertiary/aromatic N) is 1. The predicted molar refractivity (Wildman–Crippen MR) is 100 cm³/mol. The van der Waals surface area contributed by atoms with Crippen LogP contribution < -0.4 is 4.74 Å². The monoisotopic (exact) mass is 383 g/mol. The molecule has 130 valence electrons. The van der Waals surface area contributed by atoms with Crippen LogP contribution in [0.5, 0.6) is 5.75 Å². The molecule has 0 heterocycles. The SMILES string of the molecule is CCCCCCCN(CCCCCBr)C(=O)Oc1ccccc1. The molecule has 1 rings (SSSR count). The number of carbonyl (C=O) groups excluding carboxylic acids is 1. The van der Waals surface area contributed by atoms with Crippen LogP contribution in [-0.2, 0) is 0 Å². The molecule has 0 saturated heterocycles. The van der Waals surface area contributed by atoms with Gasteiger partial charge >= 0.3 is 6.09 Å². The molecular formula is C19H30BrNO2. The van der Waals surface area contributed by atoms with E-state index in [1.165, 1.54) is 25.7 Å². The minimum Gasteiger partial charge on any atom is -0.410 e. The Balaban J connectivity index is 2.42. The zero-order chi connectivity index (χ0) is 16.8. The summed E-state index contributed by atoms with van der Waals surface area (Å²) in [6, 6.07) is 9.33. The number of carbonyl (C=O) groups is 1. The van der Waals surface area contributed by atoms with E-state index in [4.69, 9.17) is 4.74 Å². The molecule has 0 aliphatic carbocycles. The van der Waals surface area contributed by atoms with Gasteiger partial charge < -0.3 is 9.64 Å². The van der Waals surface area contributed by atoms with Gasteiger partial charge in [0.15, 0.2) is 0 Å². The van der Waals surface area contributed by atoms with E-state index < -0.39 is 0 Å². The number of ether oxygens (including phenoxy) is 1. The number of para-hydroxylation sites is 1. The van der Waals surface area contributed by atoms with Gasteiger partial charge in [-0.05, 0) is 31.4 Å². The Morgan fingerprint density at radius 3 is 2.17 bits per heavy atom. The molecule has 0 N–H and O–H groups in total. The van der Waals surface area contributed by atoms with Crippen LogP contribution in [0, 0.1) is 0 Å². The summed E-state index contributed by atoms with van der Waals surface area (Å²) >= 11 is 3.45. The van der Waals surface area contributed by atoms with Crippen molar-refractivity contribution in [2.45, 2.75) is 58.3 Å². The molecule has 23 heavy (non-hydrogen) atoms. The Morgan fingerprint density at radius 1 is 0.957 bits per heavy atom. The van der Waals surface area contributed by atoms with E-state index in [0.29, 0.717) is 5.75 Å². The van der Waals surface area contributed by atoms with Crippen molar-refractivity contribution in [2.24, 2.45) is 0 Å². The quantitative estimate of drug-likeness (QED) is 0.326. The first-order chi connectivity index (χ1) is 11.3. The van der Waals surface area contributed by atoms with Crippen LogP contribution in [0.3, 0.4) is 0 Å². The maximum Gasteiger partial charge on any atom is 0.415 e. The van der Waals surface area contributed by atoms with Crippen molar-refractivity contribution in [1.29, 1.82) is 0 Å². The van der Waals surface area contributed by atoms with Crippen molar-refractivity contribution in [2.75, 3.05) is 18.4 Å². The fourth-order valence-corrected chi connectivity index (χ4v) is 2.82. The number of alkyl halides is 1. The van der Waals surface area contributed by atoms with Crippen molar-refractivity contribution >= 4 is 22.0 Å². The second kappa shape index (κ2) is 13.4. The smallest absolute Gasteiger partial charge is 0.410 e. The van der Waals surface area contributed by atoms with Crippen molar-refractivity contribution in [3.63, 3.8) is 0 Å². The molecule has 0 atom stereocenters.